The number of amides is 2. The van der Waals surface area contributed by atoms with E-state index in [1.54, 1.807) is 0 Å². The molecular weight excluding hydrogens is 409 g/mol. The number of aliphatic hydroxyl groups is 1. The van der Waals surface area contributed by atoms with E-state index in [2.05, 4.69) is 5.32 Å². The Morgan fingerprint density at radius 3 is 2.61 bits per heavy atom. The first-order valence-electron chi connectivity index (χ1n) is 9.78. The van der Waals surface area contributed by atoms with Crippen LogP contribution < -0.4 is 10.7 Å². The second-order valence-corrected chi connectivity index (χ2v) is 7.43. The number of carbonyl (C=O) groups is 2. The predicted octanol–water partition coefficient (Wildman–Crippen LogP) is 0.822. The molecule has 0 aliphatic carbocycles. The van der Waals surface area contributed by atoms with Gasteiger partial charge in [-0.3, -0.25) is 14.4 Å². The predicted molar refractivity (Wildman–Crippen MR) is 108 cm³/mol. The fourth-order valence-corrected chi connectivity index (χ4v) is 3.24. The molecule has 1 aromatic carbocycles. The van der Waals surface area contributed by atoms with Crippen molar-refractivity contribution >= 4 is 11.8 Å². The summed E-state index contributed by atoms with van der Waals surface area (Å²) in [5, 5.41) is 23.2. The molecule has 0 saturated carbocycles. The Morgan fingerprint density at radius 1 is 1.29 bits per heavy atom. The number of hydrogen-bond donors (Lipinski definition) is 3. The Labute approximate surface area is 177 Å². The second kappa shape index (κ2) is 9.27. The van der Waals surface area contributed by atoms with Crippen LogP contribution in [0.5, 0.6) is 5.75 Å². The number of carbonyl (C=O) groups excluding carboxylic acids is 2. The van der Waals surface area contributed by atoms with Gasteiger partial charge in [0.05, 0.1) is 19.3 Å². The van der Waals surface area contributed by atoms with Gasteiger partial charge in [-0.2, -0.15) is 0 Å². The van der Waals surface area contributed by atoms with E-state index in [-0.39, 0.29) is 43.6 Å². The molecule has 1 atom stereocenters. The maximum absolute atomic E-state index is 13.0. The van der Waals surface area contributed by atoms with E-state index < -0.39 is 35.0 Å². The third kappa shape index (κ3) is 4.92. The zero-order valence-corrected chi connectivity index (χ0v) is 17.2. The number of hydrogen-bond acceptors (Lipinski definition) is 6. The monoisotopic (exact) mass is 433 g/mol. The first kappa shape index (κ1) is 22.4. The smallest absolute Gasteiger partial charge is 0.276 e. The molecule has 0 saturated heterocycles. The van der Waals surface area contributed by atoms with Gasteiger partial charge >= 0.3 is 0 Å². The average molecular weight is 433 g/mol. The highest BCUT2D eigenvalue weighted by Crippen LogP contribution is 2.22. The number of fused-ring (bicyclic) bond motifs is 1. The SMILES string of the molecule is CC(C)OCCN1C(=O)c2c(O)c(=O)c(C(=O)NCc3ccc(F)cc3)cn2CC1O. The highest BCUT2D eigenvalue weighted by atomic mass is 19.1. The van der Waals surface area contributed by atoms with Crippen molar-refractivity contribution in [3.8, 4) is 5.75 Å². The number of nitrogens with zero attached hydrogens (tertiary/aromatic N) is 2. The first-order valence-corrected chi connectivity index (χ1v) is 9.78. The van der Waals surface area contributed by atoms with E-state index >= 15 is 0 Å². The molecule has 1 aromatic heterocycles. The van der Waals surface area contributed by atoms with Crippen molar-refractivity contribution < 1.29 is 28.9 Å². The highest BCUT2D eigenvalue weighted by Gasteiger charge is 2.35. The minimum atomic E-state index is -1.22. The van der Waals surface area contributed by atoms with Gasteiger partial charge in [0.2, 0.25) is 5.43 Å². The van der Waals surface area contributed by atoms with Crippen molar-refractivity contribution in [1.29, 1.82) is 0 Å². The van der Waals surface area contributed by atoms with Crippen LogP contribution in [-0.4, -0.2) is 57.0 Å². The Bertz CT molecular complexity index is 1030. The Morgan fingerprint density at radius 2 is 1.97 bits per heavy atom. The highest BCUT2D eigenvalue weighted by molar-refractivity contribution is 5.99. The summed E-state index contributed by atoms with van der Waals surface area (Å²) in [7, 11) is 0. The van der Waals surface area contributed by atoms with Crippen molar-refractivity contribution in [1.82, 2.24) is 14.8 Å². The number of aliphatic hydroxyl groups excluding tert-OH is 1. The van der Waals surface area contributed by atoms with Crippen LogP contribution in [0, 0.1) is 5.82 Å². The molecule has 2 aromatic rings. The van der Waals surface area contributed by atoms with Crippen molar-refractivity contribution in [3.05, 3.63) is 63.3 Å². The average Bonchev–Trinajstić information content (AvgIpc) is 2.72. The molecule has 2 amide bonds. The number of aromatic hydroxyl groups is 1. The summed E-state index contributed by atoms with van der Waals surface area (Å²) in [6, 6.07) is 5.46. The van der Waals surface area contributed by atoms with Gasteiger partial charge in [0.25, 0.3) is 11.8 Å². The molecule has 3 rings (SSSR count). The van der Waals surface area contributed by atoms with Crippen LogP contribution in [-0.2, 0) is 17.8 Å². The topological polar surface area (TPSA) is 121 Å². The van der Waals surface area contributed by atoms with E-state index in [0.29, 0.717) is 5.56 Å². The lowest BCUT2D eigenvalue weighted by molar-refractivity contribution is -0.0293. The first-order chi connectivity index (χ1) is 14.7. The fraction of sp³-hybridized carbons (Fsp3) is 0.381. The van der Waals surface area contributed by atoms with Crippen LogP contribution in [0.4, 0.5) is 4.39 Å². The summed E-state index contributed by atoms with van der Waals surface area (Å²) in [5.74, 6) is -2.78. The van der Waals surface area contributed by atoms with E-state index in [9.17, 15) is 29.0 Å². The van der Waals surface area contributed by atoms with Crippen LogP contribution in [0.2, 0.25) is 0 Å². The summed E-state index contributed by atoms with van der Waals surface area (Å²) in [6.45, 7) is 3.82. The maximum atomic E-state index is 13.0. The lowest BCUT2D eigenvalue weighted by atomic mass is 10.1. The van der Waals surface area contributed by atoms with E-state index in [4.69, 9.17) is 4.74 Å². The number of ether oxygens (including phenoxy) is 1. The van der Waals surface area contributed by atoms with Crippen LogP contribution in [0.25, 0.3) is 0 Å². The second-order valence-electron chi connectivity index (χ2n) is 7.43. The van der Waals surface area contributed by atoms with Crippen molar-refractivity contribution in [3.63, 3.8) is 0 Å². The zero-order chi connectivity index (χ0) is 22.7. The molecule has 0 radical (unpaired) electrons. The fourth-order valence-electron chi connectivity index (χ4n) is 3.24. The molecule has 166 valence electrons. The molecule has 9 nitrogen and oxygen atoms in total. The molecule has 1 unspecified atom stereocenters. The minimum Gasteiger partial charge on any atom is -0.503 e. The van der Waals surface area contributed by atoms with E-state index in [1.165, 1.54) is 28.8 Å². The number of aromatic nitrogens is 1. The quantitative estimate of drug-likeness (QED) is 0.595. The number of nitrogens with one attached hydrogen (secondary N) is 1. The molecule has 3 N–H and O–H groups in total. The summed E-state index contributed by atoms with van der Waals surface area (Å²) in [4.78, 5) is 38.9. The van der Waals surface area contributed by atoms with Gasteiger partial charge in [-0.05, 0) is 31.5 Å². The molecule has 1 aliphatic rings. The summed E-state index contributed by atoms with van der Waals surface area (Å²) < 4.78 is 19.6. The van der Waals surface area contributed by atoms with Gasteiger partial charge in [-0.25, -0.2) is 4.39 Å². The van der Waals surface area contributed by atoms with Gasteiger partial charge in [-0.1, -0.05) is 12.1 Å². The number of halogens is 1. The van der Waals surface area contributed by atoms with Crippen LogP contribution in [0.3, 0.4) is 0 Å². The Balaban J connectivity index is 1.80. The molecule has 31 heavy (non-hydrogen) atoms. The molecule has 0 fully saturated rings. The van der Waals surface area contributed by atoms with Gasteiger partial charge in [0.1, 0.15) is 17.6 Å². The Hall–Kier alpha value is -3.24. The number of rotatable bonds is 7. The lowest BCUT2D eigenvalue weighted by Crippen LogP contribution is -2.50. The normalized spacial score (nSPS) is 15.8. The summed E-state index contributed by atoms with van der Waals surface area (Å²) in [5.41, 5.74) is -1.05. The van der Waals surface area contributed by atoms with Gasteiger partial charge in [-0.15, -0.1) is 0 Å². The molecule has 10 heteroatoms. The molecule has 0 spiro atoms. The van der Waals surface area contributed by atoms with Gasteiger partial charge in [0, 0.05) is 19.3 Å². The van der Waals surface area contributed by atoms with Crippen LogP contribution in [0.1, 0.15) is 40.3 Å². The maximum Gasteiger partial charge on any atom is 0.276 e. The molecule has 2 heterocycles. The third-order valence-corrected chi connectivity index (χ3v) is 4.83. The van der Waals surface area contributed by atoms with Gasteiger partial charge < -0.3 is 29.7 Å². The molecule has 0 bridgehead atoms. The molecule has 1 aliphatic heterocycles. The van der Waals surface area contributed by atoms with Crippen molar-refractivity contribution in [2.45, 2.75) is 39.3 Å². The third-order valence-electron chi connectivity index (χ3n) is 4.83. The molecular formula is C21H24FN3O6. The number of benzene rings is 1. The largest absolute Gasteiger partial charge is 0.503 e. The minimum absolute atomic E-state index is 0.0340. The standard InChI is InChI=1S/C21H24FN3O6/c1-12(2)31-8-7-25-16(26)11-24-10-15(18(27)19(28)17(24)21(25)30)20(29)23-9-13-3-5-14(22)6-4-13/h3-6,10,12,16,26,28H,7-9,11H2,1-2H3,(H,23,29). The van der Waals surface area contributed by atoms with Crippen LogP contribution >= 0.6 is 0 Å². The van der Waals surface area contributed by atoms with Crippen molar-refractivity contribution in [2.24, 2.45) is 0 Å². The summed E-state index contributed by atoms with van der Waals surface area (Å²) in [6.07, 6.45) is -0.135. The summed E-state index contributed by atoms with van der Waals surface area (Å²) >= 11 is 0. The number of pyridine rings is 1. The van der Waals surface area contributed by atoms with E-state index in [1.807, 2.05) is 13.8 Å². The zero-order valence-electron chi connectivity index (χ0n) is 17.2. The van der Waals surface area contributed by atoms with E-state index in [0.717, 1.165) is 11.1 Å². The van der Waals surface area contributed by atoms with Crippen molar-refractivity contribution in [2.75, 3.05) is 13.2 Å². The Kier molecular flexibility index (Phi) is 6.71. The lowest BCUT2D eigenvalue weighted by Gasteiger charge is -2.34. The van der Waals surface area contributed by atoms with Gasteiger partial charge in [0.15, 0.2) is 11.4 Å². The van der Waals surface area contributed by atoms with Crippen LogP contribution in [0.15, 0.2) is 35.3 Å².